The van der Waals surface area contributed by atoms with Crippen molar-refractivity contribution in [2.75, 3.05) is 14.2 Å². The number of carbonyl (C=O) groups is 1. The summed E-state index contributed by atoms with van der Waals surface area (Å²) in [5.74, 6) is 1.18. The standard InChI is InChI=1S/C11H13BrO3/c1-6-8(7(2)13)5-9(14-3)11(15-4)10(6)12/h5H,1-4H3. The van der Waals surface area contributed by atoms with Gasteiger partial charge in [0, 0.05) is 5.56 Å². The van der Waals surface area contributed by atoms with E-state index < -0.39 is 0 Å². The van der Waals surface area contributed by atoms with Crippen LogP contribution < -0.4 is 9.47 Å². The van der Waals surface area contributed by atoms with E-state index in [0.29, 0.717) is 17.1 Å². The molecule has 15 heavy (non-hydrogen) atoms. The summed E-state index contributed by atoms with van der Waals surface area (Å²) >= 11 is 3.39. The second-order valence-corrected chi connectivity index (χ2v) is 3.95. The van der Waals surface area contributed by atoms with E-state index in [2.05, 4.69) is 15.9 Å². The summed E-state index contributed by atoms with van der Waals surface area (Å²) in [6.07, 6.45) is 0. The Morgan fingerprint density at radius 2 is 1.93 bits per heavy atom. The summed E-state index contributed by atoms with van der Waals surface area (Å²) < 4.78 is 11.1. The van der Waals surface area contributed by atoms with Gasteiger partial charge in [-0.25, -0.2) is 0 Å². The molecule has 0 saturated carbocycles. The van der Waals surface area contributed by atoms with Gasteiger partial charge in [0.15, 0.2) is 17.3 Å². The van der Waals surface area contributed by atoms with E-state index in [0.717, 1.165) is 10.0 Å². The molecule has 0 atom stereocenters. The highest BCUT2D eigenvalue weighted by molar-refractivity contribution is 9.10. The minimum absolute atomic E-state index is 0.00848. The lowest BCUT2D eigenvalue weighted by Crippen LogP contribution is -2.01. The number of carbonyl (C=O) groups excluding carboxylic acids is 1. The van der Waals surface area contributed by atoms with E-state index in [-0.39, 0.29) is 5.78 Å². The molecule has 0 radical (unpaired) electrons. The molecule has 82 valence electrons. The zero-order valence-electron chi connectivity index (χ0n) is 9.18. The number of benzene rings is 1. The molecule has 0 amide bonds. The molecule has 0 aliphatic carbocycles. The lowest BCUT2D eigenvalue weighted by Gasteiger charge is -2.13. The van der Waals surface area contributed by atoms with Gasteiger partial charge in [0.1, 0.15) is 0 Å². The average molecular weight is 273 g/mol. The van der Waals surface area contributed by atoms with Gasteiger partial charge in [0.05, 0.1) is 18.7 Å². The number of ketones is 1. The topological polar surface area (TPSA) is 35.5 Å². The van der Waals surface area contributed by atoms with Crippen molar-refractivity contribution in [1.29, 1.82) is 0 Å². The van der Waals surface area contributed by atoms with E-state index in [1.165, 1.54) is 6.92 Å². The second kappa shape index (κ2) is 4.66. The number of ether oxygens (including phenoxy) is 2. The molecule has 0 heterocycles. The van der Waals surface area contributed by atoms with E-state index in [4.69, 9.17) is 9.47 Å². The van der Waals surface area contributed by atoms with E-state index in [1.807, 2.05) is 6.92 Å². The Balaban J connectivity index is 3.49. The van der Waals surface area contributed by atoms with Gasteiger partial charge in [0.2, 0.25) is 0 Å². The molecule has 0 aromatic heterocycles. The molecule has 1 aromatic rings. The smallest absolute Gasteiger partial charge is 0.175 e. The summed E-state index contributed by atoms with van der Waals surface area (Å²) in [4.78, 5) is 11.4. The Bertz CT molecular complexity index is 399. The summed E-state index contributed by atoms with van der Waals surface area (Å²) in [5.41, 5.74) is 1.50. The minimum Gasteiger partial charge on any atom is -0.493 e. The summed E-state index contributed by atoms with van der Waals surface area (Å²) in [6.45, 7) is 3.39. The number of hydrogen-bond acceptors (Lipinski definition) is 3. The van der Waals surface area contributed by atoms with Crippen molar-refractivity contribution >= 4 is 21.7 Å². The monoisotopic (exact) mass is 272 g/mol. The van der Waals surface area contributed by atoms with Crippen molar-refractivity contribution < 1.29 is 14.3 Å². The zero-order chi connectivity index (χ0) is 11.6. The van der Waals surface area contributed by atoms with Gasteiger partial charge < -0.3 is 9.47 Å². The molecule has 0 aliphatic heterocycles. The lowest BCUT2D eigenvalue weighted by atomic mass is 10.0. The number of rotatable bonds is 3. The Hall–Kier alpha value is -1.03. The molecule has 0 saturated heterocycles. The average Bonchev–Trinajstić information content (AvgIpc) is 2.21. The molecule has 0 aliphatic rings. The fourth-order valence-electron chi connectivity index (χ4n) is 1.41. The second-order valence-electron chi connectivity index (χ2n) is 3.15. The predicted molar refractivity (Wildman–Crippen MR) is 62.0 cm³/mol. The molecule has 0 spiro atoms. The molecule has 0 N–H and O–H groups in total. The predicted octanol–water partition coefficient (Wildman–Crippen LogP) is 2.98. The fraction of sp³-hybridized carbons (Fsp3) is 0.364. The molecule has 1 aromatic carbocycles. The quantitative estimate of drug-likeness (QED) is 0.794. The fourth-order valence-corrected chi connectivity index (χ4v) is 1.98. The van der Waals surface area contributed by atoms with Crippen LogP contribution in [0, 0.1) is 6.92 Å². The molecule has 0 unspecified atom stereocenters. The number of halogens is 1. The van der Waals surface area contributed by atoms with Crippen molar-refractivity contribution in [3.05, 3.63) is 21.7 Å². The van der Waals surface area contributed by atoms with Crippen LogP contribution in [0.5, 0.6) is 11.5 Å². The van der Waals surface area contributed by atoms with Gasteiger partial charge in [-0.3, -0.25) is 4.79 Å². The van der Waals surface area contributed by atoms with Crippen LogP contribution >= 0.6 is 15.9 Å². The first-order valence-electron chi connectivity index (χ1n) is 4.45. The maximum Gasteiger partial charge on any atom is 0.175 e. The SMILES string of the molecule is COc1cc(C(C)=O)c(C)c(Br)c1OC. The normalized spacial score (nSPS) is 9.93. The summed E-state index contributed by atoms with van der Waals surface area (Å²) in [7, 11) is 3.11. The van der Waals surface area contributed by atoms with Gasteiger partial charge in [-0.1, -0.05) is 0 Å². The van der Waals surface area contributed by atoms with Gasteiger partial charge in [0.25, 0.3) is 0 Å². The molecule has 3 nitrogen and oxygen atoms in total. The molecule has 0 bridgehead atoms. The number of methoxy groups -OCH3 is 2. The van der Waals surface area contributed by atoms with Gasteiger partial charge in [-0.15, -0.1) is 0 Å². The van der Waals surface area contributed by atoms with Gasteiger partial charge in [-0.2, -0.15) is 0 Å². The van der Waals surface area contributed by atoms with Crippen LogP contribution in [0.25, 0.3) is 0 Å². The number of hydrogen-bond donors (Lipinski definition) is 0. The van der Waals surface area contributed by atoms with Crippen LogP contribution in [0.2, 0.25) is 0 Å². The molecular formula is C11H13BrO3. The van der Waals surface area contributed by atoms with Crippen molar-refractivity contribution in [3.8, 4) is 11.5 Å². The van der Waals surface area contributed by atoms with Crippen molar-refractivity contribution in [3.63, 3.8) is 0 Å². The Morgan fingerprint density at radius 1 is 1.33 bits per heavy atom. The first-order chi connectivity index (χ1) is 7.02. The number of Topliss-reactive ketones (excluding diaryl/α,β-unsaturated/α-hetero) is 1. The lowest BCUT2D eigenvalue weighted by molar-refractivity contribution is 0.101. The maximum absolute atomic E-state index is 11.4. The van der Waals surface area contributed by atoms with E-state index >= 15 is 0 Å². The largest absolute Gasteiger partial charge is 0.493 e. The first kappa shape index (κ1) is 12.0. The minimum atomic E-state index is 0.00848. The zero-order valence-corrected chi connectivity index (χ0v) is 10.8. The Kier molecular flexibility index (Phi) is 3.74. The van der Waals surface area contributed by atoms with Crippen molar-refractivity contribution in [2.24, 2.45) is 0 Å². The van der Waals surface area contributed by atoms with Crippen LogP contribution in [0.15, 0.2) is 10.5 Å². The van der Waals surface area contributed by atoms with Gasteiger partial charge >= 0.3 is 0 Å². The highest BCUT2D eigenvalue weighted by Crippen LogP contribution is 2.39. The van der Waals surface area contributed by atoms with E-state index in [9.17, 15) is 4.79 Å². The third-order valence-electron chi connectivity index (χ3n) is 2.24. The van der Waals surface area contributed by atoms with Crippen LogP contribution in [0.4, 0.5) is 0 Å². The van der Waals surface area contributed by atoms with Crippen molar-refractivity contribution in [2.45, 2.75) is 13.8 Å². The van der Waals surface area contributed by atoms with E-state index in [1.54, 1.807) is 20.3 Å². The highest BCUT2D eigenvalue weighted by Gasteiger charge is 2.16. The Morgan fingerprint density at radius 3 is 2.33 bits per heavy atom. The van der Waals surface area contributed by atoms with Crippen LogP contribution in [-0.4, -0.2) is 20.0 Å². The van der Waals surface area contributed by atoms with Crippen LogP contribution in [0.3, 0.4) is 0 Å². The highest BCUT2D eigenvalue weighted by atomic mass is 79.9. The van der Waals surface area contributed by atoms with Crippen molar-refractivity contribution in [1.82, 2.24) is 0 Å². The summed E-state index contributed by atoms with van der Waals surface area (Å²) in [5, 5.41) is 0. The molecule has 4 heteroatoms. The van der Waals surface area contributed by atoms with Crippen LogP contribution in [0.1, 0.15) is 22.8 Å². The molecule has 1 rings (SSSR count). The third kappa shape index (κ3) is 2.15. The third-order valence-corrected chi connectivity index (χ3v) is 3.19. The molecule has 0 fully saturated rings. The molecular weight excluding hydrogens is 260 g/mol. The van der Waals surface area contributed by atoms with Gasteiger partial charge in [-0.05, 0) is 41.4 Å². The Labute approximate surface area is 97.5 Å². The maximum atomic E-state index is 11.4. The van der Waals surface area contributed by atoms with Crippen LogP contribution in [-0.2, 0) is 0 Å². The summed E-state index contributed by atoms with van der Waals surface area (Å²) in [6, 6.07) is 1.70. The first-order valence-corrected chi connectivity index (χ1v) is 5.24.